The van der Waals surface area contributed by atoms with Crippen LogP contribution in [0.1, 0.15) is 41.0 Å². The summed E-state index contributed by atoms with van der Waals surface area (Å²) in [5.41, 5.74) is 0.0411. The molecule has 0 saturated carbocycles. The lowest BCUT2D eigenvalue weighted by molar-refractivity contribution is -0.127. The summed E-state index contributed by atoms with van der Waals surface area (Å²) in [6.45, 7) is 11.1. The molecule has 1 N–H and O–H groups in total. The number of amides is 1. The summed E-state index contributed by atoms with van der Waals surface area (Å²) >= 11 is 0. The summed E-state index contributed by atoms with van der Waals surface area (Å²) in [5.74, 6) is 0.669. The molecule has 1 unspecified atom stereocenters. The molecule has 0 radical (unpaired) electrons. The normalized spacial score (nSPS) is 25.1. The molecule has 3 rings (SSSR count). The molecule has 130 valence electrons. The Balaban J connectivity index is 1.62. The number of rotatable bonds is 3. The molecular weight excluding hydrogens is 307 g/mol. The Morgan fingerprint density at radius 2 is 1.83 bits per heavy atom. The topological polar surface area (TPSA) is 76.6 Å². The van der Waals surface area contributed by atoms with E-state index in [9.17, 15) is 4.79 Å². The van der Waals surface area contributed by atoms with Crippen molar-refractivity contribution in [3.63, 3.8) is 0 Å². The predicted molar refractivity (Wildman–Crippen MR) is 92.0 cm³/mol. The van der Waals surface area contributed by atoms with E-state index in [1.54, 1.807) is 19.3 Å². The highest BCUT2D eigenvalue weighted by molar-refractivity contribution is 6.61. The first-order valence-electron chi connectivity index (χ1n) is 8.37. The van der Waals surface area contributed by atoms with Gasteiger partial charge in [0.15, 0.2) is 0 Å². The van der Waals surface area contributed by atoms with Gasteiger partial charge in [-0.05, 0) is 34.1 Å². The number of aromatic nitrogens is 2. The van der Waals surface area contributed by atoms with E-state index in [1.807, 2.05) is 32.6 Å². The fourth-order valence-electron chi connectivity index (χ4n) is 2.86. The van der Waals surface area contributed by atoms with Gasteiger partial charge < -0.3 is 19.5 Å². The first kappa shape index (κ1) is 17.2. The minimum atomic E-state index is -0.455. The van der Waals surface area contributed by atoms with Crippen molar-refractivity contribution in [1.82, 2.24) is 14.9 Å². The number of nitrogens with one attached hydrogen (secondary N) is 1. The third kappa shape index (κ3) is 3.25. The number of nitrogens with zero attached hydrogens (tertiary/aromatic N) is 3. The Hall–Kier alpha value is -1.67. The maximum absolute atomic E-state index is 11.4. The Kier molecular flexibility index (Phi) is 4.29. The lowest BCUT2D eigenvalue weighted by atomic mass is 9.81. The van der Waals surface area contributed by atoms with Crippen LogP contribution < -0.4 is 10.8 Å². The van der Waals surface area contributed by atoms with E-state index in [0.717, 1.165) is 18.4 Å². The van der Waals surface area contributed by atoms with E-state index in [2.05, 4.69) is 15.3 Å². The lowest BCUT2D eigenvalue weighted by Gasteiger charge is -2.32. The monoisotopic (exact) mass is 332 g/mol. The van der Waals surface area contributed by atoms with Crippen molar-refractivity contribution in [3.8, 4) is 0 Å². The van der Waals surface area contributed by atoms with Gasteiger partial charge in [-0.1, -0.05) is 0 Å². The fourth-order valence-corrected chi connectivity index (χ4v) is 2.86. The quantitative estimate of drug-likeness (QED) is 0.826. The highest BCUT2D eigenvalue weighted by Crippen LogP contribution is 2.36. The van der Waals surface area contributed by atoms with Crippen LogP contribution >= 0.6 is 0 Å². The van der Waals surface area contributed by atoms with Crippen molar-refractivity contribution in [3.05, 3.63) is 12.4 Å². The SMILES string of the molecule is CC(=O)N1CCC(Nc2ncc(B3OC(C)(C)C(C)(C)O3)cn2)C1. The number of carbonyl (C=O) groups excluding carboxylic acids is 1. The van der Waals surface area contributed by atoms with Gasteiger partial charge in [-0.25, -0.2) is 9.97 Å². The van der Waals surface area contributed by atoms with Crippen LogP contribution in [0.5, 0.6) is 0 Å². The zero-order valence-electron chi connectivity index (χ0n) is 15.0. The summed E-state index contributed by atoms with van der Waals surface area (Å²) in [6, 6.07) is 0.191. The second-order valence-electron chi connectivity index (χ2n) is 7.52. The Morgan fingerprint density at radius 3 is 2.33 bits per heavy atom. The van der Waals surface area contributed by atoms with Crippen LogP contribution in [0.15, 0.2) is 12.4 Å². The molecule has 24 heavy (non-hydrogen) atoms. The molecule has 1 aromatic heterocycles. The Morgan fingerprint density at radius 1 is 1.25 bits per heavy atom. The van der Waals surface area contributed by atoms with Gasteiger partial charge in [0.1, 0.15) is 0 Å². The van der Waals surface area contributed by atoms with Gasteiger partial charge >= 0.3 is 7.12 Å². The molecule has 1 aromatic rings. The first-order valence-corrected chi connectivity index (χ1v) is 8.37. The molecule has 1 amide bonds. The summed E-state index contributed by atoms with van der Waals surface area (Å²) < 4.78 is 12.0. The minimum absolute atomic E-state index is 0.108. The maximum atomic E-state index is 11.4. The second-order valence-corrected chi connectivity index (χ2v) is 7.52. The number of anilines is 1. The molecule has 0 spiro atoms. The van der Waals surface area contributed by atoms with Gasteiger partial charge in [0.25, 0.3) is 0 Å². The molecule has 2 fully saturated rings. The zero-order chi connectivity index (χ0) is 17.5. The van der Waals surface area contributed by atoms with Crippen LogP contribution in [-0.2, 0) is 14.1 Å². The van der Waals surface area contributed by atoms with Crippen LogP contribution in [0.25, 0.3) is 0 Å². The third-order valence-electron chi connectivity index (χ3n) is 5.16. The number of hydrogen-bond donors (Lipinski definition) is 1. The number of hydrogen-bond acceptors (Lipinski definition) is 6. The average molecular weight is 332 g/mol. The summed E-state index contributed by atoms with van der Waals surface area (Å²) in [6.07, 6.45) is 4.37. The van der Waals surface area contributed by atoms with Crippen molar-refractivity contribution >= 4 is 24.4 Å². The van der Waals surface area contributed by atoms with Crippen LogP contribution in [0, 0.1) is 0 Å². The first-order chi connectivity index (χ1) is 11.2. The van der Waals surface area contributed by atoms with Crippen LogP contribution in [0.3, 0.4) is 0 Å². The summed E-state index contributed by atoms with van der Waals surface area (Å²) in [7, 11) is -0.455. The average Bonchev–Trinajstić information content (AvgIpc) is 3.03. The zero-order valence-corrected chi connectivity index (χ0v) is 15.0. The molecule has 2 aliphatic rings. The second kappa shape index (κ2) is 6.00. The smallest absolute Gasteiger partial charge is 0.399 e. The standard InChI is InChI=1S/C16H25BN4O3/c1-11(22)21-7-6-13(10-21)20-14-18-8-12(9-19-14)17-23-15(2,3)16(4,5)24-17/h8-9,13H,6-7,10H2,1-5H3,(H,18,19,20). The molecule has 8 heteroatoms. The third-order valence-corrected chi connectivity index (χ3v) is 5.16. The van der Waals surface area contributed by atoms with Crippen molar-refractivity contribution in [1.29, 1.82) is 0 Å². The molecule has 0 bridgehead atoms. The van der Waals surface area contributed by atoms with Gasteiger partial charge in [-0.15, -0.1) is 0 Å². The van der Waals surface area contributed by atoms with Crippen LogP contribution in [-0.4, -0.2) is 58.2 Å². The van der Waals surface area contributed by atoms with Crippen molar-refractivity contribution in [2.45, 2.75) is 58.3 Å². The Labute approximate surface area is 143 Å². The highest BCUT2D eigenvalue weighted by Gasteiger charge is 2.51. The molecule has 7 nitrogen and oxygen atoms in total. The molecule has 2 saturated heterocycles. The van der Waals surface area contributed by atoms with Crippen molar-refractivity contribution in [2.75, 3.05) is 18.4 Å². The molecular formula is C16H25BN4O3. The fraction of sp³-hybridized carbons (Fsp3) is 0.688. The summed E-state index contributed by atoms with van der Waals surface area (Å²) in [4.78, 5) is 21.9. The highest BCUT2D eigenvalue weighted by atomic mass is 16.7. The number of likely N-dealkylation sites (tertiary alicyclic amines) is 1. The van der Waals surface area contributed by atoms with Gasteiger partial charge in [0.05, 0.1) is 11.2 Å². The molecule has 0 aromatic carbocycles. The van der Waals surface area contributed by atoms with E-state index in [0.29, 0.717) is 12.5 Å². The molecule has 3 heterocycles. The summed E-state index contributed by atoms with van der Waals surface area (Å²) in [5, 5.41) is 3.28. The van der Waals surface area contributed by atoms with E-state index in [1.165, 1.54) is 0 Å². The lowest BCUT2D eigenvalue weighted by Crippen LogP contribution is -2.41. The van der Waals surface area contributed by atoms with Gasteiger partial charge in [0, 0.05) is 43.9 Å². The van der Waals surface area contributed by atoms with Crippen molar-refractivity contribution < 1.29 is 14.1 Å². The van der Waals surface area contributed by atoms with E-state index in [4.69, 9.17) is 9.31 Å². The minimum Gasteiger partial charge on any atom is -0.399 e. The van der Waals surface area contributed by atoms with E-state index < -0.39 is 7.12 Å². The van der Waals surface area contributed by atoms with Gasteiger partial charge in [0.2, 0.25) is 11.9 Å². The van der Waals surface area contributed by atoms with E-state index >= 15 is 0 Å². The molecule has 2 aliphatic heterocycles. The van der Waals surface area contributed by atoms with Crippen LogP contribution in [0.2, 0.25) is 0 Å². The van der Waals surface area contributed by atoms with Gasteiger partial charge in [-0.2, -0.15) is 0 Å². The van der Waals surface area contributed by atoms with Crippen LogP contribution in [0.4, 0.5) is 5.95 Å². The largest absolute Gasteiger partial charge is 0.498 e. The van der Waals surface area contributed by atoms with E-state index in [-0.39, 0.29) is 23.2 Å². The maximum Gasteiger partial charge on any atom is 0.498 e. The predicted octanol–water partition coefficient (Wildman–Crippen LogP) is 0.808. The number of carbonyl (C=O) groups is 1. The molecule has 0 aliphatic carbocycles. The van der Waals surface area contributed by atoms with Crippen molar-refractivity contribution in [2.24, 2.45) is 0 Å². The molecule has 1 atom stereocenters. The Bertz CT molecular complexity index is 604. The van der Waals surface area contributed by atoms with Gasteiger partial charge in [-0.3, -0.25) is 4.79 Å².